The van der Waals surface area contributed by atoms with Crippen LogP contribution in [0.5, 0.6) is 5.75 Å². The van der Waals surface area contributed by atoms with E-state index in [9.17, 15) is 9.18 Å². The number of carbonyl (C=O) groups is 1. The summed E-state index contributed by atoms with van der Waals surface area (Å²) in [6, 6.07) is 14.4. The Morgan fingerprint density at radius 2 is 1.69 bits per heavy atom. The van der Waals surface area contributed by atoms with Crippen molar-refractivity contribution in [2.75, 3.05) is 26.2 Å². The monoisotopic (exact) mass is 357 g/mol. The first-order chi connectivity index (χ1) is 12.5. The van der Waals surface area contributed by atoms with Gasteiger partial charge >= 0.3 is 5.97 Å². The molecular weight excluding hydrogens is 333 g/mol. The lowest BCUT2D eigenvalue weighted by Gasteiger charge is -2.33. The highest BCUT2D eigenvalue weighted by Gasteiger charge is 2.43. The average molecular weight is 357 g/mol. The minimum Gasteiger partial charge on any atom is -0.497 e. The Morgan fingerprint density at radius 3 is 2.27 bits per heavy atom. The highest BCUT2D eigenvalue weighted by molar-refractivity contribution is 5.74. The third kappa shape index (κ3) is 3.52. The van der Waals surface area contributed by atoms with E-state index in [-0.39, 0.29) is 29.7 Å². The first kappa shape index (κ1) is 18.2. The van der Waals surface area contributed by atoms with Gasteiger partial charge in [0.05, 0.1) is 20.1 Å². The van der Waals surface area contributed by atoms with Crippen molar-refractivity contribution in [2.45, 2.75) is 24.8 Å². The molecule has 0 spiro atoms. The molecule has 2 aromatic carbocycles. The van der Waals surface area contributed by atoms with E-state index < -0.39 is 0 Å². The predicted octanol–water partition coefficient (Wildman–Crippen LogP) is 4.01. The summed E-state index contributed by atoms with van der Waals surface area (Å²) in [6.07, 6.45) is 1.62. The number of benzene rings is 2. The number of esters is 1. The molecule has 0 bridgehead atoms. The predicted molar refractivity (Wildman–Crippen MR) is 99.1 cm³/mol. The van der Waals surface area contributed by atoms with Crippen LogP contribution in [-0.4, -0.2) is 33.3 Å². The van der Waals surface area contributed by atoms with Gasteiger partial charge in [-0.15, -0.1) is 0 Å². The molecule has 138 valence electrons. The summed E-state index contributed by atoms with van der Waals surface area (Å²) in [5, 5.41) is 0. The number of anilines is 1. The Morgan fingerprint density at radius 1 is 1.04 bits per heavy atom. The maximum Gasteiger partial charge on any atom is 0.309 e. The number of carbonyl (C=O) groups excluding carboxylic acids is 1. The molecule has 1 saturated carbocycles. The molecule has 3 rings (SSSR count). The second-order valence-corrected chi connectivity index (χ2v) is 6.66. The average Bonchev–Trinajstić information content (AvgIpc) is 3.12. The number of likely N-dealkylation sites (N-methyl/N-ethyl adjacent to an activating group) is 1. The molecule has 0 N–H and O–H groups in total. The van der Waals surface area contributed by atoms with E-state index in [1.165, 1.54) is 19.2 Å². The van der Waals surface area contributed by atoms with Gasteiger partial charge in [0.2, 0.25) is 0 Å². The normalized spacial score (nSPS) is 22.1. The molecular formula is C21H24FNO3. The van der Waals surface area contributed by atoms with E-state index >= 15 is 0 Å². The van der Waals surface area contributed by atoms with E-state index in [2.05, 4.69) is 4.90 Å². The number of halogens is 1. The zero-order valence-corrected chi connectivity index (χ0v) is 15.3. The van der Waals surface area contributed by atoms with Gasteiger partial charge in [-0.1, -0.05) is 12.1 Å². The van der Waals surface area contributed by atoms with Gasteiger partial charge < -0.3 is 14.4 Å². The fourth-order valence-electron chi connectivity index (χ4n) is 3.98. The van der Waals surface area contributed by atoms with Crippen LogP contribution in [0.3, 0.4) is 0 Å². The molecule has 4 nitrogen and oxygen atoms in total. The second kappa shape index (κ2) is 7.77. The van der Waals surface area contributed by atoms with Crippen molar-refractivity contribution in [3.63, 3.8) is 0 Å². The van der Waals surface area contributed by atoms with Crippen molar-refractivity contribution in [3.8, 4) is 5.75 Å². The van der Waals surface area contributed by atoms with Gasteiger partial charge in [0.15, 0.2) is 0 Å². The van der Waals surface area contributed by atoms with Crippen molar-refractivity contribution in [3.05, 3.63) is 59.9 Å². The molecule has 1 aliphatic rings. The van der Waals surface area contributed by atoms with E-state index in [1.807, 2.05) is 31.3 Å². The first-order valence-electron chi connectivity index (χ1n) is 8.75. The zero-order chi connectivity index (χ0) is 18.7. The van der Waals surface area contributed by atoms with Crippen molar-refractivity contribution >= 4 is 11.7 Å². The SMILES string of the molecule is COC(=O)[C@H]1CC[C@@H](N(C)c2ccc(OC)cc2)[C@@H]1c1ccc(F)cc1. The summed E-state index contributed by atoms with van der Waals surface area (Å²) in [5.74, 6) is 0.0498. The van der Waals surface area contributed by atoms with E-state index in [0.29, 0.717) is 0 Å². The molecule has 0 radical (unpaired) electrons. The van der Waals surface area contributed by atoms with Crippen LogP contribution in [0.2, 0.25) is 0 Å². The van der Waals surface area contributed by atoms with Crippen LogP contribution in [0, 0.1) is 11.7 Å². The lowest BCUT2D eigenvalue weighted by Crippen LogP contribution is -2.36. The number of methoxy groups -OCH3 is 2. The maximum absolute atomic E-state index is 13.4. The summed E-state index contributed by atoms with van der Waals surface area (Å²) in [6.45, 7) is 0. The van der Waals surface area contributed by atoms with Gasteiger partial charge in [0.25, 0.3) is 0 Å². The maximum atomic E-state index is 13.4. The van der Waals surface area contributed by atoms with Gasteiger partial charge in [-0.25, -0.2) is 4.39 Å². The van der Waals surface area contributed by atoms with Crippen LogP contribution in [-0.2, 0) is 9.53 Å². The Labute approximate surface area is 153 Å². The molecule has 26 heavy (non-hydrogen) atoms. The molecule has 5 heteroatoms. The summed E-state index contributed by atoms with van der Waals surface area (Å²) in [7, 11) is 5.09. The van der Waals surface area contributed by atoms with Crippen LogP contribution in [0.25, 0.3) is 0 Å². The van der Waals surface area contributed by atoms with Gasteiger partial charge in [0.1, 0.15) is 11.6 Å². The minimum absolute atomic E-state index is 0.0462. The molecule has 0 unspecified atom stereocenters. The lowest BCUT2D eigenvalue weighted by molar-refractivity contribution is -0.145. The van der Waals surface area contributed by atoms with Crippen LogP contribution in [0.1, 0.15) is 24.3 Å². The molecule has 0 aromatic heterocycles. The number of hydrogen-bond donors (Lipinski definition) is 0. The van der Waals surface area contributed by atoms with Crippen LogP contribution >= 0.6 is 0 Å². The van der Waals surface area contributed by atoms with E-state index in [4.69, 9.17) is 9.47 Å². The van der Waals surface area contributed by atoms with Crippen molar-refractivity contribution in [1.82, 2.24) is 0 Å². The van der Waals surface area contributed by atoms with Gasteiger partial charge in [0, 0.05) is 24.7 Å². The van der Waals surface area contributed by atoms with E-state index in [0.717, 1.165) is 29.8 Å². The van der Waals surface area contributed by atoms with Crippen LogP contribution in [0.4, 0.5) is 10.1 Å². The fourth-order valence-corrected chi connectivity index (χ4v) is 3.98. The van der Waals surface area contributed by atoms with Crippen molar-refractivity contribution < 1.29 is 18.7 Å². The first-order valence-corrected chi connectivity index (χ1v) is 8.75. The highest BCUT2D eigenvalue weighted by Crippen LogP contribution is 2.44. The largest absolute Gasteiger partial charge is 0.497 e. The van der Waals surface area contributed by atoms with Crippen molar-refractivity contribution in [1.29, 1.82) is 0 Å². The molecule has 1 aliphatic carbocycles. The summed E-state index contributed by atoms with van der Waals surface area (Å²) in [5.41, 5.74) is 2.01. The molecule has 2 aromatic rings. The molecule has 0 aliphatic heterocycles. The number of nitrogens with zero attached hydrogens (tertiary/aromatic N) is 1. The van der Waals surface area contributed by atoms with Crippen LogP contribution < -0.4 is 9.64 Å². The summed E-state index contributed by atoms with van der Waals surface area (Å²) in [4.78, 5) is 14.5. The van der Waals surface area contributed by atoms with Gasteiger partial charge in [-0.2, -0.15) is 0 Å². The van der Waals surface area contributed by atoms with Gasteiger partial charge in [-0.3, -0.25) is 4.79 Å². The second-order valence-electron chi connectivity index (χ2n) is 6.66. The smallest absolute Gasteiger partial charge is 0.309 e. The Balaban J connectivity index is 1.92. The third-order valence-corrected chi connectivity index (χ3v) is 5.36. The fraction of sp³-hybridized carbons (Fsp3) is 0.381. The zero-order valence-electron chi connectivity index (χ0n) is 15.3. The Hall–Kier alpha value is -2.56. The topological polar surface area (TPSA) is 38.8 Å². The number of rotatable bonds is 5. The quantitative estimate of drug-likeness (QED) is 0.758. The lowest BCUT2D eigenvalue weighted by atomic mass is 9.86. The van der Waals surface area contributed by atoms with Crippen molar-refractivity contribution in [2.24, 2.45) is 5.92 Å². The molecule has 0 amide bonds. The number of ether oxygens (including phenoxy) is 2. The summed E-state index contributed by atoms with van der Waals surface area (Å²) >= 11 is 0. The number of hydrogen-bond acceptors (Lipinski definition) is 4. The standard InChI is InChI=1S/C21H24FNO3/c1-23(16-8-10-17(25-2)11-9-16)19-13-12-18(21(24)26-3)20(19)14-4-6-15(22)7-5-14/h4-11,18-20H,12-13H2,1-3H3/t18-,19+,20+/m0/s1. The third-order valence-electron chi connectivity index (χ3n) is 5.36. The van der Waals surface area contributed by atoms with Crippen LogP contribution in [0.15, 0.2) is 48.5 Å². The summed E-state index contributed by atoms with van der Waals surface area (Å²) < 4.78 is 23.6. The molecule has 3 atom stereocenters. The highest BCUT2D eigenvalue weighted by atomic mass is 19.1. The molecule has 0 saturated heterocycles. The molecule has 1 fully saturated rings. The minimum atomic E-state index is -0.276. The Kier molecular flexibility index (Phi) is 5.45. The molecule has 0 heterocycles. The van der Waals surface area contributed by atoms with Gasteiger partial charge in [-0.05, 0) is 54.8 Å². The van der Waals surface area contributed by atoms with E-state index in [1.54, 1.807) is 19.2 Å². The Bertz CT molecular complexity index is 745.